The Kier molecular flexibility index (Phi) is 5.53. The Balaban J connectivity index is 2.28. The molecular formula is C17H21NO2S2. The summed E-state index contributed by atoms with van der Waals surface area (Å²) in [6.45, 7) is 2.35. The zero-order valence-corrected chi connectivity index (χ0v) is 14.7. The lowest BCUT2D eigenvalue weighted by Crippen LogP contribution is -2.19. The van der Waals surface area contributed by atoms with E-state index in [0.717, 1.165) is 11.3 Å². The molecule has 0 aliphatic heterocycles. The van der Waals surface area contributed by atoms with Crippen LogP contribution in [0.5, 0.6) is 0 Å². The first kappa shape index (κ1) is 16.9. The maximum Gasteiger partial charge on any atom is 0.180 e. The minimum Gasteiger partial charge on any atom is -0.369 e. The Morgan fingerprint density at radius 2 is 1.68 bits per heavy atom. The maximum atomic E-state index is 12.2. The zero-order chi connectivity index (χ0) is 16.2. The van der Waals surface area contributed by atoms with Crippen LogP contribution in [0.2, 0.25) is 0 Å². The highest BCUT2D eigenvalue weighted by Crippen LogP contribution is 2.26. The summed E-state index contributed by atoms with van der Waals surface area (Å²) in [5.41, 5.74) is 1.90. The average molecular weight is 335 g/mol. The minimum atomic E-state index is -3.22. The van der Waals surface area contributed by atoms with Crippen LogP contribution in [0.25, 0.3) is 0 Å². The van der Waals surface area contributed by atoms with E-state index in [1.807, 2.05) is 30.3 Å². The first-order chi connectivity index (χ1) is 10.5. The molecule has 0 aliphatic rings. The molecule has 0 saturated carbocycles. The molecule has 0 heterocycles. The van der Waals surface area contributed by atoms with Gasteiger partial charge in [-0.05, 0) is 36.1 Å². The van der Waals surface area contributed by atoms with Crippen LogP contribution in [-0.2, 0) is 16.4 Å². The van der Waals surface area contributed by atoms with Gasteiger partial charge in [-0.2, -0.15) is 0 Å². The van der Waals surface area contributed by atoms with Crippen LogP contribution in [-0.4, -0.2) is 27.5 Å². The Hall–Kier alpha value is -1.46. The molecule has 22 heavy (non-hydrogen) atoms. The molecule has 2 aromatic rings. The highest BCUT2D eigenvalue weighted by atomic mass is 32.2. The van der Waals surface area contributed by atoms with Crippen molar-refractivity contribution in [1.82, 2.24) is 0 Å². The van der Waals surface area contributed by atoms with E-state index in [-0.39, 0.29) is 5.75 Å². The number of anilines is 1. The molecule has 0 aromatic heterocycles. The first-order valence-electron chi connectivity index (χ1n) is 7.13. The number of hydrogen-bond acceptors (Lipinski definition) is 4. The molecule has 0 bridgehead atoms. The van der Waals surface area contributed by atoms with Crippen molar-refractivity contribution in [3.63, 3.8) is 0 Å². The molecule has 2 rings (SSSR count). The van der Waals surface area contributed by atoms with E-state index < -0.39 is 9.84 Å². The summed E-state index contributed by atoms with van der Waals surface area (Å²) >= 11 is 1.71. The van der Waals surface area contributed by atoms with Crippen LogP contribution in [0.15, 0.2) is 58.3 Å². The molecule has 5 heteroatoms. The van der Waals surface area contributed by atoms with Crippen molar-refractivity contribution in [3.8, 4) is 0 Å². The fourth-order valence-electron chi connectivity index (χ4n) is 2.28. The smallest absolute Gasteiger partial charge is 0.180 e. The van der Waals surface area contributed by atoms with Crippen LogP contribution in [0, 0.1) is 0 Å². The predicted molar refractivity (Wildman–Crippen MR) is 94.5 cm³/mol. The molecule has 0 radical (unpaired) electrons. The maximum absolute atomic E-state index is 12.2. The largest absolute Gasteiger partial charge is 0.369 e. The standard InChI is InChI=1S/C17H21NO2S2/c1-4-22(19,20)17-8-6-5-7-16(17)18(2)13-14-9-11-15(21-3)12-10-14/h5-12H,4,13H2,1-3H3. The van der Waals surface area contributed by atoms with Crippen molar-refractivity contribution < 1.29 is 8.42 Å². The zero-order valence-electron chi connectivity index (χ0n) is 13.1. The topological polar surface area (TPSA) is 37.4 Å². The van der Waals surface area contributed by atoms with E-state index in [1.54, 1.807) is 30.8 Å². The number of thioether (sulfide) groups is 1. The van der Waals surface area contributed by atoms with Crippen molar-refractivity contribution in [2.75, 3.05) is 24.0 Å². The third kappa shape index (κ3) is 3.84. The van der Waals surface area contributed by atoms with E-state index >= 15 is 0 Å². The van der Waals surface area contributed by atoms with Gasteiger partial charge in [0.2, 0.25) is 0 Å². The van der Waals surface area contributed by atoms with Gasteiger partial charge in [0.25, 0.3) is 0 Å². The molecule has 0 fully saturated rings. The monoisotopic (exact) mass is 335 g/mol. The van der Waals surface area contributed by atoms with Crippen LogP contribution in [0.4, 0.5) is 5.69 Å². The second-order valence-corrected chi connectivity index (χ2v) is 8.20. The van der Waals surface area contributed by atoms with Crippen molar-refractivity contribution >= 4 is 27.3 Å². The van der Waals surface area contributed by atoms with E-state index in [1.165, 1.54) is 4.90 Å². The lowest BCUT2D eigenvalue weighted by molar-refractivity contribution is 0.597. The second kappa shape index (κ2) is 7.20. The van der Waals surface area contributed by atoms with Gasteiger partial charge in [0.05, 0.1) is 16.3 Å². The Morgan fingerprint density at radius 3 is 2.27 bits per heavy atom. The van der Waals surface area contributed by atoms with E-state index in [0.29, 0.717) is 11.4 Å². The van der Waals surface area contributed by atoms with Crippen LogP contribution >= 0.6 is 11.8 Å². The minimum absolute atomic E-state index is 0.111. The summed E-state index contributed by atoms with van der Waals surface area (Å²) in [5, 5.41) is 0. The SMILES string of the molecule is CCS(=O)(=O)c1ccccc1N(C)Cc1ccc(SC)cc1. The molecule has 0 atom stereocenters. The van der Waals surface area contributed by atoms with Crippen molar-refractivity contribution in [2.45, 2.75) is 23.3 Å². The summed E-state index contributed by atoms with van der Waals surface area (Å²) in [5.74, 6) is 0.111. The number of para-hydroxylation sites is 1. The Labute approximate surface area is 137 Å². The van der Waals surface area contributed by atoms with Gasteiger partial charge in [-0.3, -0.25) is 0 Å². The molecule has 0 unspecified atom stereocenters. The third-order valence-corrected chi connectivity index (χ3v) is 6.09. The summed E-state index contributed by atoms with van der Waals surface area (Å²) in [7, 11) is -1.30. The third-order valence-electron chi connectivity index (χ3n) is 3.57. The summed E-state index contributed by atoms with van der Waals surface area (Å²) in [6, 6.07) is 15.5. The van der Waals surface area contributed by atoms with E-state index in [2.05, 4.69) is 24.3 Å². The van der Waals surface area contributed by atoms with Gasteiger partial charge < -0.3 is 4.90 Å². The fraction of sp³-hybridized carbons (Fsp3) is 0.294. The summed E-state index contributed by atoms with van der Waals surface area (Å²) in [6.07, 6.45) is 2.05. The normalized spacial score (nSPS) is 11.4. The van der Waals surface area contributed by atoms with Crippen LogP contribution in [0.3, 0.4) is 0 Å². The molecular weight excluding hydrogens is 314 g/mol. The number of nitrogens with zero attached hydrogens (tertiary/aromatic N) is 1. The Bertz CT molecular complexity index is 725. The fourth-order valence-corrected chi connectivity index (χ4v) is 3.83. The average Bonchev–Trinajstić information content (AvgIpc) is 2.55. The quantitative estimate of drug-likeness (QED) is 0.752. The molecule has 0 saturated heterocycles. The second-order valence-electron chi connectivity index (χ2n) is 5.08. The van der Waals surface area contributed by atoms with E-state index in [4.69, 9.17) is 0 Å². The molecule has 118 valence electrons. The lowest BCUT2D eigenvalue weighted by Gasteiger charge is -2.22. The van der Waals surface area contributed by atoms with Gasteiger partial charge >= 0.3 is 0 Å². The van der Waals surface area contributed by atoms with Gasteiger partial charge in [-0.25, -0.2) is 8.42 Å². The van der Waals surface area contributed by atoms with Crippen molar-refractivity contribution in [2.24, 2.45) is 0 Å². The van der Waals surface area contributed by atoms with Crippen LogP contribution in [0.1, 0.15) is 12.5 Å². The predicted octanol–water partition coefficient (Wildman–Crippen LogP) is 3.84. The number of sulfone groups is 1. The lowest BCUT2D eigenvalue weighted by atomic mass is 10.2. The van der Waals surface area contributed by atoms with E-state index in [9.17, 15) is 8.42 Å². The first-order valence-corrected chi connectivity index (χ1v) is 10.0. The van der Waals surface area contributed by atoms with Crippen molar-refractivity contribution in [3.05, 3.63) is 54.1 Å². The summed E-state index contributed by atoms with van der Waals surface area (Å²) in [4.78, 5) is 3.61. The molecule has 0 spiro atoms. The molecule has 3 nitrogen and oxygen atoms in total. The van der Waals surface area contributed by atoms with Gasteiger partial charge in [-0.15, -0.1) is 11.8 Å². The molecule has 0 N–H and O–H groups in total. The van der Waals surface area contributed by atoms with Gasteiger partial charge in [-0.1, -0.05) is 31.2 Å². The number of rotatable bonds is 6. The van der Waals surface area contributed by atoms with Crippen LogP contribution < -0.4 is 4.90 Å². The molecule has 2 aromatic carbocycles. The molecule has 0 aliphatic carbocycles. The highest BCUT2D eigenvalue weighted by molar-refractivity contribution is 7.98. The van der Waals surface area contributed by atoms with Gasteiger partial charge in [0.15, 0.2) is 9.84 Å². The number of hydrogen-bond donors (Lipinski definition) is 0. The number of benzene rings is 2. The highest BCUT2D eigenvalue weighted by Gasteiger charge is 2.18. The molecule has 0 amide bonds. The Morgan fingerprint density at radius 1 is 1.05 bits per heavy atom. The van der Waals surface area contributed by atoms with Gasteiger partial charge in [0.1, 0.15) is 0 Å². The van der Waals surface area contributed by atoms with Gasteiger partial charge in [0, 0.05) is 18.5 Å². The van der Waals surface area contributed by atoms with Crippen molar-refractivity contribution in [1.29, 1.82) is 0 Å². The summed E-state index contributed by atoms with van der Waals surface area (Å²) < 4.78 is 24.5.